The van der Waals surface area contributed by atoms with Gasteiger partial charge in [0.25, 0.3) is 0 Å². The third-order valence-corrected chi connectivity index (χ3v) is 8.32. The number of hydrogen-bond acceptors (Lipinski definition) is 5. The molecule has 1 amide bonds. The van der Waals surface area contributed by atoms with Crippen LogP contribution in [-0.4, -0.2) is 57.5 Å². The molecule has 0 bridgehead atoms. The Kier molecular flexibility index (Phi) is 6.55. The van der Waals surface area contributed by atoms with Gasteiger partial charge in [0.15, 0.2) is 0 Å². The van der Waals surface area contributed by atoms with Crippen molar-refractivity contribution in [2.75, 3.05) is 43.1 Å². The number of aryl methyl sites for hydroxylation is 3. The Labute approximate surface area is 190 Å². The molecule has 0 aromatic heterocycles. The van der Waals surface area contributed by atoms with E-state index in [9.17, 15) is 13.2 Å². The highest BCUT2D eigenvalue weighted by Gasteiger charge is 2.29. The fourth-order valence-electron chi connectivity index (χ4n) is 4.43. The van der Waals surface area contributed by atoms with Gasteiger partial charge in [-0.1, -0.05) is 23.8 Å². The fraction of sp³-hybridized carbons (Fsp3) is 0.458. The second-order valence-electron chi connectivity index (χ2n) is 8.59. The van der Waals surface area contributed by atoms with E-state index in [4.69, 9.17) is 4.74 Å². The second kappa shape index (κ2) is 9.21. The molecule has 0 saturated carbocycles. The maximum Gasteiger partial charge on any atom is 0.246 e. The number of fused-ring (bicyclic) bond motifs is 1. The largest absolute Gasteiger partial charge is 0.379 e. The lowest BCUT2D eigenvalue weighted by Crippen LogP contribution is -2.44. The van der Waals surface area contributed by atoms with Crippen molar-refractivity contribution in [1.82, 2.24) is 4.31 Å². The van der Waals surface area contributed by atoms with E-state index in [0.29, 0.717) is 37.6 Å². The minimum absolute atomic E-state index is 0.156. The molecule has 2 aromatic carbocycles. The molecule has 7 nitrogen and oxygen atoms in total. The van der Waals surface area contributed by atoms with Crippen LogP contribution < -0.4 is 10.2 Å². The highest BCUT2D eigenvalue weighted by atomic mass is 32.2. The quantitative estimate of drug-likeness (QED) is 0.746. The van der Waals surface area contributed by atoms with Crippen LogP contribution in [0.15, 0.2) is 41.3 Å². The molecular formula is C24H31N3O4S. The lowest BCUT2D eigenvalue weighted by Gasteiger charge is -2.35. The Morgan fingerprint density at radius 2 is 1.81 bits per heavy atom. The van der Waals surface area contributed by atoms with Crippen LogP contribution in [0.4, 0.5) is 11.4 Å². The zero-order chi connectivity index (χ0) is 22.9. The lowest BCUT2D eigenvalue weighted by molar-refractivity contribution is -0.117. The summed E-state index contributed by atoms with van der Waals surface area (Å²) in [4.78, 5) is 15.5. The van der Waals surface area contributed by atoms with Crippen molar-refractivity contribution in [2.24, 2.45) is 0 Å². The number of sulfonamides is 1. The molecule has 32 heavy (non-hydrogen) atoms. The number of morpholine rings is 1. The molecule has 0 radical (unpaired) electrons. The summed E-state index contributed by atoms with van der Waals surface area (Å²) in [5.74, 6) is -0.156. The Balaban J connectivity index is 1.54. The van der Waals surface area contributed by atoms with E-state index < -0.39 is 10.0 Å². The molecule has 0 spiro atoms. The summed E-state index contributed by atoms with van der Waals surface area (Å²) in [5, 5.41) is 2.94. The van der Waals surface area contributed by atoms with Crippen LogP contribution in [0.1, 0.15) is 30.0 Å². The van der Waals surface area contributed by atoms with E-state index in [1.165, 1.54) is 15.4 Å². The summed E-state index contributed by atoms with van der Waals surface area (Å²) >= 11 is 0. The molecule has 1 N–H and O–H groups in total. The van der Waals surface area contributed by atoms with Crippen molar-refractivity contribution in [2.45, 2.75) is 44.6 Å². The van der Waals surface area contributed by atoms with E-state index in [2.05, 4.69) is 35.3 Å². The van der Waals surface area contributed by atoms with Crippen molar-refractivity contribution in [3.63, 3.8) is 0 Å². The molecule has 1 saturated heterocycles. The summed E-state index contributed by atoms with van der Waals surface area (Å²) in [6, 6.07) is 11.0. The first-order valence-corrected chi connectivity index (χ1v) is 12.6. The van der Waals surface area contributed by atoms with E-state index in [1.807, 2.05) is 6.92 Å². The number of carbonyl (C=O) groups is 1. The Morgan fingerprint density at radius 3 is 2.56 bits per heavy atom. The number of benzene rings is 2. The molecule has 2 aliphatic heterocycles. The van der Waals surface area contributed by atoms with Gasteiger partial charge in [-0.25, -0.2) is 8.42 Å². The molecule has 4 rings (SSSR count). The highest BCUT2D eigenvalue weighted by molar-refractivity contribution is 7.89. The fourth-order valence-corrected chi connectivity index (χ4v) is 6.09. The van der Waals surface area contributed by atoms with Crippen molar-refractivity contribution < 1.29 is 17.9 Å². The lowest BCUT2D eigenvalue weighted by atomic mass is 9.98. The van der Waals surface area contributed by atoms with E-state index in [-0.39, 0.29) is 16.8 Å². The van der Waals surface area contributed by atoms with E-state index >= 15 is 0 Å². The molecule has 2 aliphatic rings. The Bertz CT molecular complexity index is 1110. The van der Waals surface area contributed by atoms with Gasteiger partial charge in [0.1, 0.15) is 6.04 Å². The smallest absolute Gasteiger partial charge is 0.246 e. The number of rotatable bonds is 5. The minimum atomic E-state index is -3.64. The van der Waals surface area contributed by atoms with Gasteiger partial charge in [0.05, 0.1) is 18.1 Å². The first-order valence-electron chi connectivity index (χ1n) is 11.1. The highest BCUT2D eigenvalue weighted by Crippen LogP contribution is 2.30. The average Bonchev–Trinajstić information content (AvgIpc) is 2.79. The standard InChI is InChI=1S/C24H31N3O4S/c1-17-6-9-22-20(15-17)5-4-10-27(22)19(3)24(28)25-21-8-7-18(2)23(16-21)32(29,30)26-11-13-31-14-12-26/h6-9,15-16,19H,4-5,10-14H2,1-3H3,(H,25,28). The summed E-state index contributed by atoms with van der Waals surface area (Å²) in [6.45, 7) is 8.02. The predicted octanol–water partition coefficient (Wildman–Crippen LogP) is 3.10. The van der Waals surface area contributed by atoms with E-state index in [1.54, 1.807) is 25.1 Å². The Morgan fingerprint density at radius 1 is 1.06 bits per heavy atom. The topological polar surface area (TPSA) is 79.0 Å². The Hall–Kier alpha value is -2.42. The number of hydrogen-bond donors (Lipinski definition) is 1. The van der Waals surface area contributed by atoms with Gasteiger partial charge in [0.2, 0.25) is 15.9 Å². The number of anilines is 2. The third kappa shape index (κ3) is 4.53. The number of ether oxygens (including phenoxy) is 1. The van der Waals surface area contributed by atoms with Gasteiger partial charge in [-0.15, -0.1) is 0 Å². The molecule has 0 aliphatic carbocycles. The molecule has 1 atom stereocenters. The van der Waals surface area contributed by atoms with Crippen LogP contribution in [0.3, 0.4) is 0 Å². The van der Waals surface area contributed by atoms with Crippen LogP contribution in [0, 0.1) is 13.8 Å². The minimum Gasteiger partial charge on any atom is -0.379 e. The van der Waals surface area contributed by atoms with Gasteiger partial charge < -0.3 is 15.0 Å². The van der Waals surface area contributed by atoms with Gasteiger partial charge in [-0.2, -0.15) is 4.31 Å². The summed E-state index contributed by atoms with van der Waals surface area (Å²) in [6.07, 6.45) is 2.02. The second-order valence-corrected chi connectivity index (χ2v) is 10.5. The molecule has 1 unspecified atom stereocenters. The van der Waals surface area contributed by atoms with Crippen molar-refractivity contribution in [1.29, 1.82) is 0 Å². The van der Waals surface area contributed by atoms with Gasteiger partial charge in [-0.05, 0) is 62.9 Å². The summed E-state index contributed by atoms with van der Waals surface area (Å²) < 4.78 is 33.0. The number of nitrogens with zero attached hydrogens (tertiary/aromatic N) is 2. The molecule has 172 valence electrons. The van der Waals surface area contributed by atoms with Crippen LogP contribution in [-0.2, 0) is 26.0 Å². The number of amides is 1. The van der Waals surface area contributed by atoms with Crippen LogP contribution in [0.5, 0.6) is 0 Å². The van der Waals surface area contributed by atoms with Crippen molar-refractivity contribution >= 4 is 27.3 Å². The maximum atomic E-state index is 13.1. The zero-order valence-electron chi connectivity index (χ0n) is 18.9. The first kappa shape index (κ1) is 22.8. The van der Waals surface area contributed by atoms with Crippen LogP contribution in [0.2, 0.25) is 0 Å². The normalized spacial score (nSPS) is 18.2. The maximum absolute atomic E-state index is 13.1. The third-order valence-electron chi connectivity index (χ3n) is 6.28. The van der Waals surface area contributed by atoms with Crippen LogP contribution >= 0.6 is 0 Å². The van der Waals surface area contributed by atoms with Gasteiger partial charge in [0, 0.05) is 31.0 Å². The first-order chi connectivity index (χ1) is 15.3. The molecule has 2 heterocycles. The van der Waals surface area contributed by atoms with Crippen LogP contribution in [0.25, 0.3) is 0 Å². The SMILES string of the molecule is Cc1ccc2c(c1)CCCN2C(C)C(=O)Nc1ccc(C)c(S(=O)(=O)N2CCOCC2)c1. The van der Waals surface area contributed by atoms with Gasteiger partial charge >= 0.3 is 0 Å². The van der Waals surface area contributed by atoms with Crippen molar-refractivity contribution in [3.05, 3.63) is 53.1 Å². The molecule has 2 aromatic rings. The summed E-state index contributed by atoms with van der Waals surface area (Å²) in [7, 11) is -3.64. The van der Waals surface area contributed by atoms with E-state index in [0.717, 1.165) is 25.1 Å². The monoisotopic (exact) mass is 457 g/mol. The van der Waals surface area contributed by atoms with Crippen molar-refractivity contribution in [3.8, 4) is 0 Å². The van der Waals surface area contributed by atoms with Gasteiger partial charge in [-0.3, -0.25) is 4.79 Å². The molecule has 8 heteroatoms. The molecule has 1 fully saturated rings. The average molecular weight is 458 g/mol. The zero-order valence-corrected chi connectivity index (χ0v) is 19.7. The predicted molar refractivity (Wildman–Crippen MR) is 126 cm³/mol. The number of nitrogens with one attached hydrogen (secondary N) is 1. The number of carbonyl (C=O) groups excluding carboxylic acids is 1. The molecular weight excluding hydrogens is 426 g/mol. The summed E-state index contributed by atoms with van der Waals surface area (Å²) in [5.41, 5.74) is 4.73.